The van der Waals surface area contributed by atoms with Gasteiger partial charge in [-0.15, -0.1) is 11.3 Å². The van der Waals surface area contributed by atoms with Crippen molar-refractivity contribution in [3.05, 3.63) is 312 Å². The highest BCUT2D eigenvalue weighted by Crippen LogP contribution is 2.54. The molecule has 0 amide bonds. The number of fused-ring (bicyclic) bond motifs is 6. The molecule has 2 heteroatoms. The Bertz CT molecular complexity index is 4350. The first-order chi connectivity index (χ1) is 38.7. The van der Waals surface area contributed by atoms with Crippen molar-refractivity contribution >= 4 is 65.8 Å². The number of thiophene rings is 1. The van der Waals surface area contributed by atoms with Gasteiger partial charge in [0.15, 0.2) is 0 Å². The Morgan fingerprint density at radius 1 is 0.474 bits per heavy atom. The molecule has 5 aliphatic carbocycles. The van der Waals surface area contributed by atoms with Gasteiger partial charge in [0.05, 0.1) is 5.70 Å². The molecule has 0 fully saturated rings. The van der Waals surface area contributed by atoms with Crippen LogP contribution < -0.4 is 4.90 Å². The van der Waals surface area contributed by atoms with Crippen LogP contribution in [0.3, 0.4) is 0 Å². The Kier molecular flexibility index (Phi) is 11.7. The SMILES string of the molecule is C1=CCCC(C2C=CC(N(C3=C4C=CC=CC4C(c4ccc(-c5ccc6c(-c7ccc8ccccc8c7)c7ccccc7c(-c7ccc8ccccc8c7)c6c5)s4)c4ccccc43)c3ccc(C4C=CC=CC4)cc3)=CC2)=C1. The van der Waals surface area contributed by atoms with E-state index < -0.39 is 0 Å². The second-order valence-corrected chi connectivity index (χ2v) is 22.8. The van der Waals surface area contributed by atoms with Gasteiger partial charge in [0, 0.05) is 50.4 Å². The van der Waals surface area contributed by atoms with Gasteiger partial charge in [-0.05, 0) is 162 Å². The summed E-state index contributed by atoms with van der Waals surface area (Å²) in [7, 11) is 0. The Labute approximate surface area is 461 Å². The summed E-state index contributed by atoms with van der Waals surface area (Å²) >= 11 is 1.96. The maximum absolute atomic E-state index is 2.58. The summed E-state index contributed by atoms with van der Waals surface area (Å²) in [5.74, 6) is 1.09. The van der Waals surface area contributed by atoms with E-state index in [4.69, 9.17) is 0 Å². The van der Waals surface area contributed by atoms with Crippen LogP contribution in [0, 0.1) is 11.8 Å². The van der Waals surface area contributed by atoms with Crippen LogP contribution in [0.2, 0.25) is 0 Å². The maximum atomic E-state index is 2.58. The Morgan fingerprint density at radius 3 is 1.88 bits per heavy atom. The number of nitrogens with zero attached hydrogens (tertiary/aromatic N) is 1. The highest BCUT2D eigenvalue weighted by molar-refractivity contribution is 7.15. The minimum Gasteiger partial charge on any atom is -0.310 e. The van der Waals surface area contributed by atoms with Crippen molar-refractivity contribution in [3.8, 4) is 32.7 Å². The van der Waals surface area contributed by atoms with Crippen molar-refractivity contribution in [1.82, 2.24) is 0 Å². The van der Waals surface area contributed by atoms with E-state index in [2.05, 4.69) is 278 Å². The third kappa shape index (κ3) is 8.14. The minimum atomic E-state index is 0.138. The van der Waals surface area contributed by atoms with Crippen LogP contribution in [0.5, 0.6) is 0 Å². The van der Waals surface area contributed by atoms with Crippen LogP contribution in [0.15, 0.2) is 290 Å². The number of anilines is 1. The van der Waals surface area contributed by atoms with Crippen LogP contribution in [-0.2, 0) is 0 Å². The van der Waals surface area contributed by atoms with E-state index in [-0.39, 0.29) is 11.8 Å². The summed E-state index contributed by atoms with van der Waals surface area (Å²) in [6.45, 7) is 0. The third-order valence-corrected chi connectivity index (χ3v) is 18.4. The molecule has 78 heavy (non-hydrogen) atoms. The minimum absolute atomic E-state index is 0.138. The van der Waals surface area contributed by atoms with Gasteiger partial charge < -0.3 is 4.90 Å². The predicted octanol–water partition coefficient (Wildman–Crippen LogP) is 20.8. The van der Waals surface area contributed by atoms with E-state index in [1.54, 1.807) is 0 Å². The molecule has 372 valence electrons. The molecule has 0 bridgehead atoms. The van der Waals surface area contributed by atoms with Crippen LogP contribution in [-0.4, -0.2) is 0 Å². The van der Waals surface area contributed by atoms with Crippen molar-refractivity contribution in [2.75, 3.05) is 4.90 Å². The Morgan fingerprint density at radius 2 is 1.17 bits per heavy atom. The Balaban J connectivity index is 0.864. The van der Waals surface area contributed by atoms with E-state index in [1.807, 2.05) is 11.3 Å². The van der Waals surface area contributed by atoms with Gasteiger partial charge >= 0.3 is 0 Å². The molecule has 0 saturated carbocycles. The molecule has 1 nitrogen and oxygen atoms in total. The van der Waals surface area contributed by atoms with Crippen molar-refractivity contribution in [1.29, 1.82) is 0 Å². The molecule has 4 atom stereocenters. The van der Waals surface area contributed by atoms with E-state index in [0.717, 1.165) is 25.7 Å². The third-order valence-electron chi connectivity index (χ3n) is 17.2. The molecule has 1 aromatic heterocycles. The molecule has 0 N–H and O–H groups in total. The summed E-state index contributed by atoms with van der Waals surface area (Å²) in [5, 5.41) is 10.1. The second kappa shape index (κ2) is 19.6. The summed E-state index contributed by atoms with van der Waals surface area (Å²) in [6, 6.07) is 71.4. The molecule has 9 aromatic carbocycles. The molecule has 0 spiro atoms. The molecule has 0 saturated heterocycles. The van der Waals surface area contributed by atoms with E-state index >= 15 is 0 Å². The van der Waals surface area contributed by atoms with Crippen LogP contribution in [0.4, 0.5) is 5.69 Å². The first-order valence-electron chi connectivity index (χ1n) is 27.9. The molecule has 5 aliphatic rings. The van der Waals surface area contributed by atoms with E-state index in [9.17, 15) is 0 Å². The number of hydrogen-bond donors (Lipinski definition) is 0. The fourth-order valence-electron chi connectivity index (χ4n) is 13.4. The molecular formula is C76H57NS. The fourth-order valence-corrected chi connectivity index (χ4v) is 14.6. The van der Waals surface area contributed by atoms with Gasteiger partial charge in [0.25, 0.3) is 0 Å². The van der Waals surface area contributed by atoms with Crippen molar-refractivity contribution in [3.63, 3.8) is 0 Å². The number of rotatable bonds is 9. The summed E-state index contributed by atoms with van der Waals surface area (Å²) < 4.78 is 0. The molecule has 0 aliphatic heterocycles. The van der Waals surface area contributed by atoms with Gasteiger partial charge in [0.1, 0.15) is 0 Å². The lowest BCUT2D eigenvalue weighted by Crippen LogP contribution is -2.30. The van der Waals surface area contributed by atoms with Gasteiger partial charge in [-0.3, -0.25) is 0 Å². The zero-order valence-corrected chi connectivity index (χ0v) is 44.3. The van der Waals surface area contributed by atoms with Crippen LogP contribution >= 0.6 is 11.3 Å². The molecule has 15 rings (SSSR count). The monoisotopic (exact) mass is 1020 g/mol. The van der Waals surface area contributed by atoms with Gasteiger partial charge in [-0.1, -0.05) is 230 Å². The molecule has 10 aromatic rings. The van der Waals surface area contributed by atoms with Crippen molar-refractivity contribution < 1.29 is 0 Å². The summed E-state index contributed by atoms with van der Waals surface area (Å²) in [4.78, 5) is 5.24. The van der Waals surface area contributed by atoms with Crippen LogP contribution in [0.25, 0.3) is 81.5 Å². The first-order valence-corrected chi connectivity index (χ1v) is 28.7. The lowest BCUT2D eigenvalue weighted by molar-refractivity contribution is 0.655. The highest BCUT2D eigenvalue weighted by atomic mass is 32.1. The first kappa shape index (κ1) is 46.5. The van der Waals surface area contributed by atoms with Gasteiger partial charge in [-0.2, -0.15) is 0 Å². The lowest BCUT2D eigenvalue weighted by atomic mass is 9.70. The van der Waals surface area contributed by atoms with E-state index in [0.29, 0.717) is 11.8 Å². The van der Waals surface area contributed by atoms with Crippen molar-refractivity contribution in [2.45, 2.75) is 37.5 Å². The van der Waals surface area contributed by atoms with E-state index in [1.165, 1.54) is 126 Å². The van der Waals surface area contributed by atoms with Gasteiger partial charge in [-0.25, -0.2) is 0 Å². The van der Waals surface area contributed by atoms with Gasteiger partial charge in [0.2, 0.25) is 0 Å². The number of hydrogen-bond acceptors (Lipinski definition) is 2. The normalized spacial score (nSPS) is 19.4. The zero-order chi connectivity index (χ0) is 51.5. The molecule has 4 unspecified atom stereocenters. The quantitative estimate of drug-likeness (QED) is 0.130. The average molecular weight is 1020 g/mol. The molecule has 0 radical (unpaired) electrons. The smallest absolute Gasteiger partial charge is 0.0575 e. The topological polar surface area (TPSA) is 3.24 Å². The predicted molar refractivity (Wildman–Crippen MR) is 334 cm³/mol. The second-order valence-electron chi connectivity index (χ2n) is 21.6. The standard InChI is InChI=1S/C76H57NS/c1-3-17-50(18-4-1)54-35-40-61(41-36-54)77(62-42-37-55(38-43-62)51-19-5-2-6-20-51)76-68-29-15-13-27-65(68)75(66-28-14-16-30-69(66)76)72-46-45-71(78-72)58-39-44-67-70(49-58)74(60-34-32-53-22-8-10-24-57(53)48-60)64-26-12-11-25-63(64)73(67)59-33-31-52-21-7-9-23-56(52)47-59/h1-5,7-17,19,21-37,39-50,55,65,75H,6,18,20,38H2. The van der Waals surface area contributed by atoms with Crippen molar-refractivity contribution in [2.24, 2.45) is 11.8 Å². The largest absolute Gasteiger partial charge is 0.310 e. The molecular weight excluding hydrogens is 959 g/mol. The maximum Gasteiger partial charge on any atom is 0.0575 e. The van der Waals surface area contributed by atoms with Crippen LogP contribution in [0.1, 0.15) is 59.1 Å². The fraction of sp³-hybridized carbons (Fsp3) is 0.105. The highest BCUT2D eigenvalue weighted by Gasteiger charge is 2.39. The lowest BCUT2D eigenvalue weighted by Gasteiger charge is -2.41. The number of allylic oxidation sites excluding steroid dienone is 16. The summed E-state index contributed by atoms with van der Waals surface area (Å²) in [5.41, 5.74) is 16.9. The zero-order valence-electron chi connectivity index (χ0n) is 43.5. The summed E-state index contributed by atoms with van der Waals surface area (Å²) in [6.07, 6.45) is 36.9. The Hall–Kier alpha value is -8.82. The number of benzene rings is 9. The molecule has 1 heterocycles. The average Bonchev–Trinajstić information content (AvgIpc) is 4.16.